The lowest BCUT2D eigenvalue weighted by atomic mass is 9.79. The van der Waals surface area contributed by atoms with Crippen LogP contribution >= 0.6 is 11.8 Å². The highest BCUT2D eigenvalue weighted by Gasteiger charge is 2.31. The molecule has 2 heterocycles. The molecule has 3 aromatic rings. The van der Waals surface area contributed by atoms with Crippen molar-refractivity contribution < 1.29 is 23.4 Å². The van der Waals surface area contributed by atoms with Gasteiger partial charge >= 0.3 is 5.97 Å². The molecule has 6 nitrogen and oxygen atoms in total. The Morgan fingerprint density at radius 3 is 2.64 bits per heavy atom. The molecule has 0 aliphatic carbocycles. The molecule has 0 radical (unpaired) electrons. The summed E-state index contributed by atoms with van der Waals surface area (Å²) < 4.78 is 32.4. The van der Waals surface area contributed by atoms with E-state index in [4.69, 9.17) is 4.74 Å². The van der Waals surface area contributed by atoms with Crippen LogP contribution in [0.2, 0.25) is 0 Å². The van der Waals surface area contributed by atoms with Crippen LogP contribution in [0.1, 0.15) is 37.3 Å². The summed E-state index contributed by atoms with van der Waals surface area (Å²) in [6.45, 7) is 2.36. The molecule has 210 valence electrons. The van der Waals surface area contributed by atoms with Crippen LogP contribution in [-0.4, -0.2) is 72.5 Å². The molecular formula is C30H37F2N3O3S. The molecule has 2 aromatic carbocycles. The number of rotatable bonds is 12. The number of pyridine rings is 1. The number of hydrogen-bond donors (Lipinski definition) is 1. The Morgan fingerprint density at radius 1 is 1.18 bits per heavy atom. The van der Waals surface area contributed by atoms with Gasteiger partial charge in [0.15, 0.2) is 0 Å². The zero-order valence-corrected chi connectivity index (χ0v) is 23.6. The largest absolute Gasteiger partial charge is 0.497 e. The molecule has 1 aliphatic heterocycles. The van der Waals surface area contributed by atoms with Gasteiger partial charge in [-0.2, -0.15) is 0 Å². The summed E-state index contributed by atoms with van der Waals surface area (Å²) in [5.74, 6) is -0.0622. The summed E-state index contributed by atoms with van der Waals surface area (Å²) in [6.07, 6.45) is 4.77. The van der Waals surface area contributed by atoms with Crippen molar-refractivity contribution >= 4 is 28.6 Å². The minimum Gasteiger partial charge on any atom is -0.497 e. The number of halogens is 2. The molecule has 1 aliphatic rings. The number of nitrogens with zero attached hydrogens (tertiary/aromatic N) is 3. The molecule has 1 fully saturated rings. The van der Waals surface area contributed by atoms with Crippen molar-refractivity contribution in [3.63, 3.8) is 0 Å². The van der Waals surface area contributed by atoms with Gasteiger partial charge in [-0.15, -0.1) is 11.8 Å². The first kappa shape index (κ1) is 29.2. The number of piperidine rings is 1. The standard InChI is InChI=1S/C30H37F2N3O3S/c1-34(2)29(26-8-10-33-28-6-5-24(38-3)18-27(26)28)7-4-20-9-11-35(19-21(20)14-30(36)37)12-13-39-25-16-22(31)15-23(32)17-25/h5-6,8,10,15-18,20-21,29H,4,7,9,11-14,19H2,1-3H3,(H,36,37)/t20-,21+,29+/m1/s1. The number of carboxylic acids is 1. The number of fused-ring (bicyclic) bond motifs is 1. The predicted octanol–water partition coefficient (Wildman–Crippen LogP) is 6.11. The number of thioether (sulfide) groups is 1. The van der Waals surface area contributed by atoms with Crippen molar-refractivity contribution in [2.24, 2.45) is 11.8 Å². The van der Waals surface area contributed by atoms with Gasteiger partial charge < -0.3 is 19.6 Å². The van der Waals surface area contributed by atoms with Gasteiger partial charge in [-0.3, -0.25) is 9.78 Å². The van der Waals surface area contributed by atoms with Gasteiger partial charge in [0.25, 0.3) is 0 Å². The molecule has 9 heteroatoms. The van der Waals surface area contributed by atoms with Gasteiger partial charge in [0.2, 0.25) is 0 Å². The Labute approximate surface area is 233 Å². The fourth-order valence-electron chi connectivity index (χ4n) is 5.73. The number of benzene rings is 2. The van der Waals surface area contributed by atoms with Crippen molar-refractivity contribution in [2.75, 3.05) is 46.6 Å². The first-order valence-electron chi connectivity index (χ1n) is 13.4. The molecule has 3 atom stereocenters. The van der Waals surface area contributed by atoms with Crippen LogP contribution < -0.4 is 4.74 Å². The Balaban J connectivity index is 1.40. The van der Waals surface area contributed by atoms with Crippen LogP contribution in [0.15, 0.2) is 53.6 Å². The van der Waals surface area contributed by atoms with Crippen LogP contribution in [0, 0.1) is 23.5 Å². The Morgan fingerprint density at radius 2 is 1.95 bits per heavy atom. The monoisotopic (exact) mass is 557 g/mol. The highest BCUT2D eigenvalue weighted by Crippen LogP contribution is 2.36. The number of aromatic nitrogens is 1. The molecule has 39 heavy (non-hydrogen) atoms. The minimum absolute atomic E-state index is 0.0601. The van der Waals surface area contributed by atoms with E-state index in [1.165, 1.54) is 29.5 Å². The molecule has 1 saturated heterocycles. The second kappa shape index (κ2) is 13.5. The van der Waals surface area contributed by atoms with E-state index in [9.17, 15) is 18.7 Å². The fraction of sp³-hybridized carbons (Fsp3) is 0.467. The molecule has 0 saturated carbocycles. The van der Waals surface area contributed by atoms with E-state index in [1.54, 1.807) is 7.11 Å². The van der Waals surface area contributed by atoms with Crippen molar-refractivity contribution in [1.82, 2.24) is 14.8 Å². The number of ether oxygens (including phenoxy) is 1. The molecule has 0 unspecified atom stereocenters. The topological polar surface area (TPSA) is 65.9 Å². The van der Waals surface area contributed by atoms with Crippen molar-refractivity contribution in [3.05, 3.63) is 65.9 Å². The molecule has 0 spiro atoms. The van der Waals surface area contributed by atoms with E-state index < -0.39 is 17.6 Å². The third-order valence-corrected chi connectivity index (χ3v) is 8.66. The maximum absolute atomic E-state index is 13.5. The first-order valence-corrected chi connectivity index (χ1v) is 14.3. The van der Waals surface area contributed by atoms with Crippen molar-refractivity contribution in [3.8, 4) is 5.75 Å². The molecule has 0 bridgehead atoms. The summed E-state index contributed by atoms with van der Waals surface area (Å²) in [5, 5.41) is 10.7. The lowest BCUT2D eigenvalue weighted by Crippen LogP contribution is -2.42. The van der Waals surface area contributed by atoms with Gasteiger partial charge in [0.05, 0.1) is 12.6 Å². The van der Waals surface area contributed by atoms with Crippen LogP contribution in [0.4, 0.5) is 8.78 Å². The van der Waals surface area contributed by atoms with Gasteiger partial charge in [-0.25, -0.2) is 8.78 Å². The van der Waals surface area contributed by atoms with Gasteiger partial charge in [-0.05, 0) is 93.7 Å². The van der Waals surface area contributed by atoms with Crippen LogP contribution in [0.3, 0.4) is 0 Å². The van der Waals surface area contributed by atoms with E-state index in [1.807, 2.05) is 24.4 Å². The third kappa shape index (κ3) is 7.90. The Hall–Kier alpha value is -2.75. The van der Waals surface area contributed by atoms with E-state index >= 15 is 0 Å². The maximum atomic E-state index is 13.5. The Kier molecular flexibility index (Phi) is 10.2. The van der Waals surface area contributed by atoms with E-state index in [0.29, 0.717) is 16.6 Å². The average Bonchev–Trinajstić information content (AvgIpc) is 2.88. The van der Waals surface area contributed by atoms with Crippen LogP contribution in [-0.2, 0) is 4.79 Å². The molecule has 4 rings (SSSR count). The molecule has 0 amide bonds. The molecule has 1 aromatic heterocycles. The summed E-state index contributed by atoms with van der Waals surface area (Å²) in [4.78, 5) is 21.4. The number of hydrogen-bond acceptors (Lipinski definition) is 6. The minimum atomic E-state index is -0.771. The second-order valence-electron chi connectivity index (χ2n) is 10.5. The fourth-order valence-corrected chi connectivity index (χ4v) is 6.70. The SMILES string of the molecule is COc1ccc2nccc([C@H](CC[C@@H]3CCN(CCSc4cc(F)cc(F)c4)C[C@@H]3CC(=O)O)N(C)C)c2c1. The zero-order valence-electron chi connectivity index (χ0n) is 22.8. The summed E-state index contributed by atoms with van der Waals surface area (Å²) >= 11 is 1.42. The number of methoxy groups -OCH3 is 1. The van der Waals surface area contributed by atoms with Gasteiger partial charge in [-0.1, -0.05) is 0 Å². The second-order valence-corrected chi connectivity index (χ2v) is 11.7. The van der Waals surface area contributed by atoms with Crippen molar-refractivity contribution in [1.29, 1.82) is 0 Å². The lowest BCUT2D eigenvalue weighted by Gasteiger charge is -2.39. The highest BCUT2D eigenvalue weighted by molar-refractivity contribution is 7.99. The molecular weight excluding hydrogens is 520 g/mol. The summed E-state index contributed by atoms with van der Waals surface area (Å²) in [5.41, 5.74) is 2.12. The van der Waals surface area contributed by atoms with E-state index in [0.717, 1.165) is 61.6 Å². The molecule has 1 N–H and O–H groups in total. The lowest BCUT2D eigenvalue weighted by molar-refractivity contribution is -0.139. The summed E-state index contributed by atoms with van der Waals surface area (Å²) in [7, 11) is 5.82. The maximum Gasteiger partial charge on any atom is 0.303 e. The van der Waals surface area contributed by atoms with Gasteiger partial charge in [0.1, 0.15) is 17.4 Å². The van der Waals surface area contributed by atoms with E-state index in [-0.39, 0.29) is 18.4 Å². The number of carboxylic acid groups (broad SMARTS) is 1. The number of aliphatic carboxylic acids is 1. The quantitative estimate of drug-likeness (QED) is 0.270. The van der Waals surface area contributed by atoms with Gasteiger partial charge in [0, 0.05) is 53.8 Å². The zero-order chi connectivity index (χ0) is 27.9. The smallest absolute Gasteiger partial charge is 0.303 e. The van der Waals surface area contributed by atoms with Crippen LogP contribution in [0.25, 0.3) is 10.9 Å². The van der Waals surface area contributed by atoms with Crippen molar-refractivity contribution in [2.45, 2.75) is 36.6 Å². The van der Waals surface area contributed by atoms with E-state index in [2.05, 4.69) is 34.9 Å². The normalized spacial score (nSPS) is 18.9. The Bertz CT molecular complexity index is 1260. The first-order chi connectivity index (χ1) is 18.7. The average molecular weight is 558 g/mol. The number of carbonyl (C=O) groups is 1. The third-order valence-electron chi connectivity index (χ3n) is 7.70. The predicted molar refractivity (Wildman–Crippen MR) is 151 cm³/mol. The highest BCUT2D eigenvalue weighted by atomic mass is 32.2. The summed E-state index contributed by atoms with van der Waals surface area (Å²) in [6, 6.07) is 11.7. The van der Waals surface area contributed by atoms with Crippen LogP contribution in [0.5, 0.6) is 5.75 Å². The number of likely N-dealkylation sites (tertiary alicyclic amines) is 1.